The molecule has 0 saturated heterocycles. The summed E-state index contributed by atoms with van der Waals surface area (Å²) in [5, 5.41) is 10.3. The summed E-state index contributed by atoms with van der Waals surface area (Å²) in [4.78, 5) is 11.1. The Hall–Kier alpha value is -2.53. The standard InChI is InChI=1S/C18H20N2O3/c1-12(20(22)18(19)21)15-11-16(15)14-9-5-6-10-17(14)23-13-7-3-2-4-8-13/h2-10,12,15-16,22H,11H2,1H3,(H2,19,21). The Bertz CT molecular complexity index is 690. The van der Waals surface area contributed by atoms with Crippen LogP contribution in [0.5, 0.6) is 11.5 Å². The molecule has 3 N–H and O–H groups in total. The number of ether oxygens (including phenoxy) is 1. The average molecular weight is 312 g/mol. The van der Waals surface area contributed by atoms with E-state index in [1.165, 1.54) is 0 Å². The van der Waals surface area contributed by atoms with Gasteiger partial charge in [0.1, 0.15) is 11.5 Å². The van der Waals surface area contributed by atoms with Crippen LogP contribution in [0.1, 0.15) is 24.8 Å². The second-order valence-corrected chi connectivity index (χ2v) is 5.88. The van der Waals surface area contributed by atoms with Crippen LogP contribution in [0.15, 0.2) is 54.6 Å². The summed E-state index contributed by atoms with van der Waals surface area (Å²) in [6.07, 6.45) is 0.890. The maximum absolute atomic E-state index is 11.1. The fourth-order valence-electron chi connectivity index (χ4n) is 2.98. The van der Waals surface area contributed by atoms with Crippen LogP contribution in [0.3, 0.4) is 0 Å². The van der Waals surface area contributed by atoms with Crippen molar-refractivity contribution in [3.05, 3.63) is 60.2 Å². The molecule has 1 aliphatic rings. The van der Waals surface area contributed by atoms with Gasteiger partial charge in [-0.3, -0.25) is 5.21 Å². The number of primary amides is 1. The predicted octanol–water partition coefficient (Wildman–Crippen LogP) is 3.74. The van der Waals surface area contributed by atoms with Gasteiger partial charge in [-0.25, -0.2) is 9.86 Å². The monoisotopic (exact) mass is 312 g/mol. The molecule has 5 heteroatoms. The van der Waals surface area contributed by atoms with Gasteiger partial charge in [-0.1, -0.05) is 36.4 Å². The number of rotatable bonds is 5. The quantitative estimate of drug-likeness (QED) is 0.652. The Balaban J connectivity index is 1.76. The van der Waals surface area contributed by atoms with Crippen LogP contribution in [0.25, 0.3) is 0 Å². The first-order valence-electron chi connectivity index (χ1n) is 7.67. The lowest BCUT2D eigenvalue weighted by Crippen LogP contribution is -2.40. The Morgan fingerprint density at radius 1 is 1.22 bits per heavy atom. The first-order chi connectivity index (χ1) is 11.1. The molecule has 3 rings (SSSR count). The molecule has 0 bridgehead atoms. The van der Waals surface area contributed by atoms with E-state index in [0.29, 0.717) is 5.06 Å². The molecule has 0 spiro atoms. The van der Waals surface area contributed by atoms with Crippen molar-refractivity contribution in [1.29, 1.82) is 0 Å². The molecule has 5 nitrogen and oxygen atoms in total. The summed E-state index contributed by atoms with van der Waals surface area (Å²) in [6, 6.07) is 16.3. The highest BCUT2D eigenvalue weighted by Crippen LogP contribution is 2.53. The zero-order chi connectivity index (χ0) is 16.4. The molecule has 1 saturated carbocycles. The molecule has 0 radical (unpaired) electrons. The number of hydrogen-bond donors (Lipinski definition) is 2. The van der Waals surface area contributed by atoms with Gasteiger partial charge in [-0.05, 0) is 48.9 Å². The predicted molar refractivity (Wildman–Crippen MR) is 86.5 cm³/mol. The van der Waals surface area contributed by atoms with Crippen molar-refractivity contribution in [2.75, 3.05) is 0 Å². The molecule has 0 aromatic heterocycles. The lowest BCUT2D eigenvalue weighted by atomic mass is 10.0. The van der Waals surface area contributed by atoms with Gasteiger partial charge >= 0.3 is 6.03 Å². The highest BCUT2D eigenvalue weighted by Gasteiger charge is 2.46. The maximum Gasteiger partial charge on any atom is 0.338 e. The first kappa shape index (κ1) is 15.4. The number of carbonyl (C=O) groups excluding carboxylic acids is 1. The number of benzene rings is 2. The van der Waals surface area contributed by atoms with Crippen molar-refractivity contribution < 1.29 is 14.7 Å². The Morgan fingerprint density at radius 3 is 2.57 bits per heavy atom. The number of nitrogens with zero attached hydrogens (tertiary/aromatic N) is 1. The maximum atomic E-state index is 11.1. The molecule has 1 fully saturated rings. The van der Waals surface area contributed by atoms with Crippen molar-refractivity contribution in [3.8, 4) is 11.5 Å². The summed E-state index contributed by atoms with van der Waals surface area (Å²) >= 11 is 0. The van der Waals surface area contributed by atoms with E-state index in [9.17, 15) is 10.0 Å². The minimum Gasteiger partial charge on any atom is -0.457 e. The average Bonchev–Trinajstić information content (AvgIpc) is 3.35. The summed E-state index contributed by atoms with van der Waals surface area (Å²) < 4.78 is 5.98. The molecule has 0 heterocycles. The van der Waals surface area contributed by atoms with Crippen LogP contribution in [-0.2, 0) is 0 Å². The molecule has 0 aliphatic heterocycles. The van der Waals surface area contributed by atoms with Crippen LogP contribution in [0.2, 0.25) is 0 Å². The SMILES string of the molecule is CC(C1CC1c1ccccc1Oc1ccccc1)N(O)C(N)=O. The van der Waals surface area contributed by atoms with Gasteiger partial charge in [-0.15, -0.1) is 0 Å². The zero-order valence-corrected chi connectivity index (χ0v) is 12.9. The van der Waals surface area contributed by atoms with Crippen LogP contribution in [-0.4, -0.2) is 22.3 Å². The van der Waals surface area contributed by atoms with E-state index >= 15 is 0 Å². The molecule has 3 unspecified atom stereocenters. The van der Waals surface area contributed by atoms with E-state index in [-0.39, 0.29) is 17.9 Å². The number of hydroxylamine groups is 2. The third-order valence-electron chi connectivity index (χ3n) is 4.36. The van der Waals surface area contributed by atoms with Crippen LogP contribution in [0.4, 0.5) is 4.79 Å². The number of urea groups is 1. The van der Waals surface area contributed by atoms with Crippen LogP contribution < -0.4 is 10.5 Å². The van der Waals surface area contributed by atoms with Crippen molar-refractivity contribution in [1.82, 2.24) is 5.06 Å². The second kappa shape index (κ2) is 6.30. The van der Waals surface area contributed by atoms with Gasteiger partial charge in [0, 0.05) is 0 Å². The third kappa shape index (κ3) is 3.29. The molecule has 1 aliphatic carbocycles. The molecular formula is C18H20N2O3. The summed E-state index contributed by atoms with van der Waals surface area (Å²) in [6.45, 7) is 1.80. The van der Waals surface area contributed by atoms with Gasteiger partial charge < -0.3 is 10.5 Å². The third-order valence-corrected chi connectivity index (χ3v) is 4.36. The molecule has 2 aromatic carbocycles. The first-order valence-corrected chi connectivity index (χ1v) is 7.67. The van der Waals surface area contributed by atoms with Crippen LogP contribution >= 0.6 is 0 Å². The van der Waals surface area contributed by atoms with Gasteiger partial charge in [-0.2, -0.15) is 0 Å². The Kier molecular flexibility index (Phi) is 4.21. The number of nitrogens with two attached hydrogens (primary N) is 1. The van der Waals surface area contributed by atoms with Crippen molar-refractivity contribution in [2.45, 2.75) is 25.3 Å². The minimum atomic E-state index is -0.822. The van der Waals surface area contributed by atoms with Crippen molar-refractivity contribution in [3.63, 3.8) is 0 Å². The van der Waals surface area contributed by atoms with Crippen LogP contribution in [0, 0.1) is 5.92 Å². The molecule has 23 heavy (non-hydrogen) atoms. The van der Waals surface area contributed by atoms with Crippen molar-refractivity contribution in [2.24, 2.45) is 11.7 Å². The lowest BCUT2D eigenvalue weighted by Gasteiger charge is -2.21. The molecular weight excluding hydrogens is 292 g/mol. The fourth-order valence-corrected chi connectivity index (χ4v) is 2.98. The minimum absolute atomic E-state index is 0.174. The van der Waals surface area contributed by atoms with Gasteiger partial charge in [0.2, 0.25) is 0 Å². The molecule has 2 amide bonds. The van der Waals surface area contributed by atoms with E-state index in [1.807, 2.05) is 54.6 Å². The lowest BCUT2D eigenvalue weighted by molar-refractivity contribution is -0.0760. The zero-order valence-electron chi connectivity index (χ0n) is 12.9. The highest BCUT2D eigenvalue weighted by molar-refractivity contribution is 5.71. The number of carbonyl (C=O) groups is 1. The topological polar surface area (TPSA) is 75.8 Å². The molecule has 120 valence electrons. The highest BCUT2D eigenvalue weighted by atomic mass is 16.5. The fraction of sp³-hybridized carbons (Fsp3) is 0.278. The molecule has 2 aromatic rings. The number of amides is 2. The number of hydrogen-bond acceptors (Lipinski definition) is 3. The largest absolute Gasteiger partial charge is 0.457 e. The van der Waals surface area contributed by atoms with Gasteiger partial charge in [0.25, 0.3) is 0 Å². The van der Waals surface area contributed by atoms with E-state index in [0.717, 1.165) is 23.5 Å². The van der Waals surface area contributed by atoms with E-state index < -0.39 is 6.03 Å². The molecule has 3 atom stereocenters. The van der Waals surface area contributed by atoms with Crippen molar-refractivity contribution >= 4 is 6.03 Å². The smallest absolute Gasteiger partial charge is 0.338 e. The summed E-state index contributed by atoms with van der Waals surface area (Å²) in [5.41, 5.74) is 6.22. The Morgan fingerprint density at radius 2 is 1.87 bits per heavy atom. The number of para-hydroxylation sites is 2. The van der Waals surface area contributed by atoms with E-state index in [4.69, 9.17) is 10.5 Å². The Labute approximate surface area is 135 Å². The summed E-state index contributed by atoms with van der Waals surface area (Å²) in [7, 11) is 0. The van der Waals surface area contributed by atoms with E-state index in [2.05, 4.69) is 0 Å². The second-order valence-electron chi connectivity index (χ2n) is 5.88. The van der Waals surface area contributed by atoms with E-state index in [1.54, 1.807) is 6.92 Å². The summed E-state index contributed by atoms with van der Waals surface area (Å²) in [5.74, 6) is 2.01. The van der Waals surface area contributed by atoms with Gasteiger partial charge in [0.15, 0.2) is 0 Å². The normalized spacial score (nSPS) is 20.6. The van der Waals surface area contributed by atoms with Gasteiger partial charge in [0.05, 0.1) is 6.04 Å².